The molecule has 0 heterocycles. The van der Waals surface area contributed by atoms with Crippen molar-refractivity contribution in [2.45, 2.75) is 54.4 Å². The van der Waals surface area contributed by atoms with Gasteiger partial charge in [-0.2, -0.15) is 0 Å². The van der Waals surface area contributed by atoms with Crippen LogP contribution < -0.4 is 0 Å². The zero-order valence-corrected chi connectivity index (χ0v) is 17.4. The Morgan fingerprint density at radius 1 is 1.08 bits per heavy atom. The summed E-state index contributed by atoms with van der Waals surface area (Å²) in [5.74, 6) is 0.381. The third-order valence-electron chi connectivity index (χ3n) is 4.28. The minimum Gasteiger partial charge on any atom is -0.408 e. The van der Waals surface area contributed by atoms with E-state index in [9.17, 15) is 9.36 Å². The molecule has 0 atom stereocenters. The van der Waals surface area contributed by atoms with Gasteiger partial charge in [-0.3, -0.25) is 13.8 Å². The van der Waals surface area contributed by atoms with Gasteiger partial charge in [-0.25, -0.2) is 4.57 Å². The van der Waals surface area contributed by atoms with Crippen LogP contribution in [-0.2, 0) is 22.9 Å². The van der Waals surface area contributed by atoms with Gasteiger partial charge in [0.1, 0.15) is 5.76 Å². The average Bonchev–Trinajstić information content (AvgIpc) is 2.47. The standard InChI is InChI=1S/C20H29O5P/c1-7-23-26(22,24-8-2)25-18-13-20(5,6)12-17(21)19(18)16-10-9-14(3)11-15(16)4/h9-11H,7-8,12-13H2,1-6H3. The lowest BCUT2D eigenvalue weighted by molar-refractivity contribution is -0.116. The van der Waals surface area contributed by atoms with Gasteiger partial charge in [0.05, 0.1) is 18.8 Å². The Hall–Kier alpha value is -1.42. The first kappa shape index (κ1) is 20.9. The van der Waals surface area contributed by atoms with E-state index < -0.39 is 7.82 Å². The quantitative estimate of drug-likeness (QED) is 0.576. The average molecular weight is 380 g/mol. The SMILES string of the molecule is CCOP(=O)(OCC)OC1=C(c2ccc(C)cc2C)C(=O)CC(C)(C)C1. The van der Waals surface area contributed by atoms with Crippen molar-refractivity contribution in [3.63, 3.8) is 0 Å². The van der Waals surface area contributed by atoms with Gasteiger partial charge >= 0.3 is 7.82 Å². The minimum atomic E-state index is -3.76. The van der Waals surface area contributed by atoms with Crippen molar-refractivity contribution < 1.29 is 22.9 Å². The second kappa shape index (κ2) is 8.08. The number of phosphoric ester groups is 1. The molecule has 6 heteroatoms. The Kier molecular flexibility index (Phi) is 6.49. The van der Waals surface area contributed by atoms with Crippen LogP contribution in [0.4, 0.5) is 0 Å². The molecule has 0 N–H and O–H groups in total. The third kappa shape index (κ3) is 4.85. The molecule has 0 spiro atoms. The van der Waals surface area contributed by atoms with Crippen LogP contribution in [0, 0.1) is 19.3 Å². The summed E-state index contributed by atoms with van der Waals surface area (Å²) in [6, 6.07) is 5.91. The number of ketones is 1. The number of carbonyl (C=O) groups excluding carboxylic acids is 1. The molecule has 2 rings (SSSR count). The second-order valence-electron chi connectivity index (χ2n) is 7.43. The van der Waals surface area contributed by atoms with Crippen molar-refractivity contribution in [2.24, 2.45) is 5.41 Å². The number of hydrogen-bond acceptors (Lipinski definition) is 5. The molecule has 144 valence electrons. The fourth-order valence-electron chi connectivity index (χ4n) is 3.28. The van der Waals surface area contributed by atoms with Crippen molar-refractivity contribution in [3.8, 4) is 0 Å². The highest BCUT2D eigenvalue weighted by molar-refractivity contribution is 7.48. The van der Waals surface area contributed by atoms with Crippen LogP contribution in [0.3, 0.4) is 0 Å². The van der Waals surface area contributed by atoms with Crippen LogP contribution in [0.1, 0.15) is 57.2 Å². The summed E-state index contributed by atoms with van der Waals surface area (Å²) in [6.07, 6.45) is 0.904. The van der Waals surface area contributed by atoms with E-state index in [2.05, 4.69) is 0 Å². The van der Waals surface area contributed by atoms with Gasteiger partial charge in [0.2, 0.25) is 0 Å². The maximum Gasteiger partial charge on any atom is 0.529 e. The van der Waals surface area contributed by atoms with E-state index in [0.717, 1.165) is 16.7 Å². The molecule has 1 aliphatic rings. The smallest absolute Gasteiger partial charge is 0.408 e. The van der Waals surface area contributed by atoms with Crippen LogP contribution in [-0.4, -0.2) is 19.0 Å². The molecule has 5 nitrogen and oxygen atoms in total. The highest BCUT2D eigenvalue weighted by Gasteiger charge is 2.39. The summed E-state index contributed by atoms with van der Waals surface area (Å²) < 4.78 is 29.2. The summed E-state index contributed by atoms with van der Waals surface area (Å²) in [7, 11) is -3.76. The van der Waals surface area contributed by atoms with Crippen LogP contribution >= 0.6 is 7.82 Å². The lowest BCUT2D eigenvalue weighted by atomic mass is 9.74. The van der Waals surface area contributed by atoms with E-state index in [4.69, 9.17) is 13.6 Å². The van der Waals surface area contributed by atoms with E-state index in [1.165, 1.54) is 0 Å². The Labute approximate surface area is 156 Å². The van der Waals surface area contributed by atoms with Crippen LogP contribution in [0.25, 0.3) is 5.57 Å². The van der Waals surface area contributed by atoms with Crippen molar-refractivity contribution in [1.29, 1.82) is 0 Å². The number of allylic oxidation sites excluding steroid dienone is 2. The molecule has 26 heavy (non-hydrogen) atoms. The van der Waals surface area contributed by atoms with Gasteiger partial charge in [-0.15, -0.1) is 0 Å². The zero-order valence-electron chi connectivity index (χ0n) is 16.5. The molecular formula is C20H29O5P. The van der Waals surface area contributed by atoms with E-state index in [0.29, 0.717) is 24.2 Å². The highest BCUT2D eigenvalue weighted by atomic mass is 31.2. The molecule has 1 aromatic rings. The lowest BCUT2D eigenvalue weighted by Gasteiger charge is -2.33. The summed E-state index contributed by atoms with van der Waals surface area (Å²) in [4.78, 5) is 13.0. The van der Waals surface area contributed by atoms with E-state index in [1.54, 1.807) is 13.8 Å². The summed E-state index contributed by atoms with van der Waals surface area (Å²) >= 11 is 0. The molecule has 0 amide bonds. The molecule has 0 unspecified atom stereocenters. The Bertz CT molecular complexity index is 753. The van der Waals surface area contributed by atoms with Gasteiger partial charge in [0, 0.05) is 12.8 Å². The van der Waals surface area contributed by atoms with Gasteiger partial charge in [-0.05, 0) is 44.2 Å². The number of Topliss-reactive ketones (excluding diaryl/α,β-unsaturated/α-hetero) is 1. The van der Waals surface area contributed by atoms with Gasteiger partial charge in [0.15, 0.2) is 5.78 Å². The van der Waals surface area contributed by atoms with Crippen molar-refractivity contribution >= 4 is 19.2 Å². The van der Waals surface area contributed by atoms with E-state index >= 15 is 0 Å². The van der Waals surface area contributed by atoms with Gasteiger partial charge in [0.25, 0.3) is 0 Å². The van der Waals surface area contributed by atoms with Crippen LogP contribution in [0.15, 0.2) is 24.0 Å². The molecule has 0 radical (unpaired) electrons. The lowest BCUT2D eigenvalue weighted by Crippen LogP contribution is -2.26. The fraction of sp³-hybridized carbons (Fsp3) is 0.550. The topological polar surface area (TPSA) is 61.8 Å². The Morgan fingerprint density at radius 3 is 2.23 bits per heavy atom. The third-order valence-corrected chi connectivity index (χ3v) is 5.88. The predicted molar refractivity (Wildman–Crippen MR) is 103 cm³/mol. The predicted octanol–water partition coefficient (Wildman–Crippen LogP) is 5.60. The summed E-state index contributed by atoms with van der Waals surface area (Å²) in [5.41, 5.74) is 3.12. The number of aryl methyl sites for hydroxylation is 2. The fourth-order valence-corrected chi connectivity index (χ4v) is 4.52. The minimum absolute atomic E-state index is 0.0113. The van der Waals surface area contributed by atoms with Crippen molar-refractivity contribution in [3.05, 3.63) is 40.6 Å². The van der Waals surface area contributed by atoms with Gasteiger partial charge in [-0.1, -0.05) is 37.6 Å². The highest BCUT2D eigenvalue weighted by Crippen LogP contribution is 2.55. The number of hydrogen-bond donors (Lipinski definition) is 0. The normalized spacial score (nSPS) is 17.5. The molecule has 1 aliphatic carbocycles. The van der Waals surface area contributed by atoms with Crippen molar-refractivity contribution in [1.82, 2.24) is 0 Å². The molecule has 0 aliphatic heterocycles. The number of phosphoric acid groups is 1. The molecule has 0 fully saturated rings. The summed E-state index contributed by atoms with van der Waals surface area (Å²) in [5, 5.41) is 0. The number of carbonyl (C=O) groups is 1. The maximum atomic E-state index is 13.0. The zero-order chi connectivity index (χ0) is 19.5. The van der Waals surface area contributed by atoms with Crippen molar-refractivity contribution in [2.75, 3.05) is 13.2 Å². The Balaban J connectivity index is 2.58. The van der Waals surface area contributed by atoms with Gasteiger partial charge < -0.3 is 4.52 Å². The first-order valence-electron chi connectivity index (χ1n) is 9.03. The number of rotatable bonds is 7. The Morgan fingerprint density at radius 2 is 1.69 bits per heavy atom. The number of benzene rings is 1. The van der Waals surface area contributed by atoms with Crippen LogP contribution in [0.2, 0.25) is 0 Å². The molecule has 0 aromatic heterocycles. The largest absolute Gasteiger partial charge is 0.529 e. The second-order valence-corrected chi connectivity index (χ2v) is 9.02. The van der Waals surface area contributed by atoms with E-state index in [-0.39, 0.29) is 24.4 Å². The first-order chi connectivity index (χ1) is 12.1. The monoisotopic (exact) mass is 380 g/mol. The molecular weight excluding hydrogens is 351 g/mol. The van der Waals surface area contributed by atoms with Crippen LogP contribution in [0.5, 0.6) is 0 Å². The molecule has 1 aromatic carbocycles. The molecule has 0 saturated carbocycles. The first-order valence-corrected chi connectivity index (χ1v) is 10.5. The molecule has 0 bridgehead atoms. The van der Waals surface area contributed by atoms with E-state index in [1.807, 2.05) is 45.9 Å². The maximum absolute atomic E-state index is 13.0. The summed E-state index contributed by atoms with van der Waals surface area (Å²) in [6.45, 7) is 11.8. The molecule has 0 saturated heterocycles.